The molecule has 0 heterocycles. The largest absolute Gasteiger partial charge is 0.451 e. The van der Waals surface area contributed by atoms with Gasteiger partial charge in [0.2, 0.25) is 11.5 Å². The fourth-order valence-electron chi connectivity index (χ4n) is 4.00. The Morgan fingerprint density at radius 3 is 1.67 bits per heavy atom. The summed E-state index contributed by atoms with van der Waals surface area (Å²) in [6, 6.07) is 28.7. The monoisotopic (exact) mass is 634 g/mol. The van der Waals surface area contributed by atoms with Crippen LogP contribution in [0.5, 0.6) is 34.5 Å². The van der Waals surface area contributed by atoms with E-state index in [1.807, 2.05) is 48.5 Å². The average molecular weight is 636 g/mol. The Morgan fingerprint density at radius 2 is 1.07 bits per heavy atom. The molecule has 0 aliphatic carbocycles. The lowest BCUT2D eigenvalue weighted by molar-refractivity contribution is 0.369. The first-order valence-corrected chi connectivity index (χ1v) is 13.6. The molecule has 0 radical (unpaired) electrons. The summed E-state index contributed by atoms with van der Waals surface area (Å²) in [6.07, 6.45) is 0. The molecule has 0 saturated heterocycles. The van der Waals surface area contributed by atoms with Gasteiger partial charge in [0.15, 0.2) is 11.6 Å². The minimum atomic E-state index is -1.19. The Kier molecular flexibility index (Phi) is 8.73. The molecule has 5 nitrogen and oxygen atoms in total. The molecule has 42 heavy (non-hydrogen) atoms. The number of halogens is 5. The van der Waals surface area contributed by atoms with Crippen LogP contribution in [0.1, 0.15) is 11.1 Å². The van der Waals surface area contributed by atoms with Gasteiger partial charge in [-0.25, -0.2) is 4.39 Å². The van der Waals surface area contributed by atoms with Crippen LogP contribution in [-0.2, 0) is 0 Å². The van der Waals surface area contributed by atoms with Crippen molar-refractivity contribution >= 4 is 46.4 Å². The highest BCUT2D eigenvalue weighted by Crippen LogP contribution is 2.52. The summed E-state index contributed by atoms with van der Waals surface area (Å²) in [5, 5.41) is 20.8. The van der Waals surface area contributed by atoms with Gasteiger partial charge in [-0.15, -0.1) is 0 Å². The summed E-state index contributed by atoms with van der Waals surface area (Å²) in [4.78, 5) is 0. The van der Waals surface area contributed by atoms with E-state index in [2.05, 4.69) is 0 Å². The van der Waals surface area contributed by atoms with E-state index in [1.54, 1.807) is 18.2 Å². The molecule has 10 heteroatoms. The van der Waals surface area contributed by atoms with Crippen molar-refractivity contribution in [3.05, 3.63) is 128 Å². The molecule has 0 aromatic heterocycles. The number of hydrogen-bond donors (Lipinski definition) is 0. The Labute approximate surface area is 260 Å². The smallest absolute Gasteiger partial charge is 0.217 e. The summed E-state index contributed by atoms with van der Waals surface area (Å²) in [5.41, 5.74) is 0.381. The van der Waals surface area contributed by atoms with Crippen molar-refractivity contribution in [1.82, 2.24) is 0 Å². The molecule has 0 aliphatic rings. The Hall–Kier alpha value is -4.43. The van der Waals surface area contributed by atoms with Crippen molar-refractivity contribution in [2.75, 3.05) is 0 Å². The third kappa shape index (κ3) is 5.94. The molecule has 0 aliphatic heterocycles. The maximum absolute atomic E-state index is 16.1. The number of para-hydroxylation sites is 1. The van der Waals surface area contributed by atoms with Gasteiger partial charge >= 0.3 is 0 Å². The summed E-state index contributed by atoms with van der Waals surface area (Å²) >= 11 is 25.0. The second-order valence-electron chi connectivity index (χ2n) is 8.59. The van der Waals surface area contributed by atoms with E-state index in [1.165, 1.54) is 36.4 Å². The second-order valence-corrected chi connectivity index (χ2v) is 10.3. The van der Waals surface area contributed by atoms with Gasteiger partial charge < -0.3 is 14.2 Å². The SMILES string of the molecule is N#Cc1c(F)c(Oc2cc(Cl)ccc2Cl)c(Oc2cc(Cl)ccc2Cl)c(Oc2ccccc2-c2ccccc2)c1C#N. The molecule has 0 saturated carbocycles. The number of ether oxygens (including phenoxy) is 3. The summed E-state index contributed by atoms with van der Waals surface area (Å²) in [5.74, 6) is -2.26. The first-order valence-electron chi connectivity index (χ1n) is 12.1. The molecule has 0 unspecified atom stereocenters. The molecule has 0 fully saturated rings. The first-order chi connectivity index (χ1) is 20.3. The van der Waals surface area contributed by atoms with Crippen LogP contribution >= 0.6 is 46.4 Å². The lowest BCUT2D eigenvalue weighted by Crippen LogP contribution is -2.04. The normalized spacial score (nSPS) is 10.5. The van der Waals surface area contributed by atoms with Gasteiger partial charge in [-0.05, 0) is 35.9 Å². The van der Waals surface area contributed by atoms with E-state index < -0.39 is 28.4 Å². The standard InChI is InChI=1S/C32H15Cl4FN2O3/c33-19-10-12-24(35)27(14-19)41-31-29(37)22(16-38)23(17-39)30(32(31)42-28-15-20(34)11-13-25(28)36)40-26-9-5-4-8-21(26)18-6-2-1-3-7-18/h1-15H. The third-order valence-electron chi connectivity index (χ3n) is 5.93. The summed E-state index contributed by atoms with van der Waals surface area (Å²) in [7, 11) is 0. The molecular formula is C32H15Cl4FN2O3. The van der Waals surface area contributed by atoms with Crippen molar-refractivity contribution in [1.29, 1.82) is 10.5 Å². The van der Waals surface area contributed by atoms with Crippen molar-refractivity contribution < 1.29 is 18.6 Å². The lowest BCUT2D eigenvalue weighted by Gasteiger charge is -2.21. The molecule has 5 aromatic rings. The zero-order valence-corrected chi connectivity index (χ0v) is 24.2. The van der Waals surface area contributed by atoms with Crippen LogP contribution in [-0.4, -0.2) is 0 Å². The predicted octanol–water partition coefficient (Wildman–Crippen LogP) is 11.2. The van der Waals surface area contributed by atoms with E-state index in [-0.39, 0.29) is 43.1 Å². The minimum absolute atomic E-state index is 0.000370. The van der Waals surface area contributed by atoms with Gasteiger partial charge in [-0.1, -0.05) is 94.9 Å². The number of hydrogen-bond acceptors (Lipinski definition) is 5. The van der Waals surface area contributed by atoms with Crippen LogP contribution in [0.3, 0.4) is 0 Å². The van der Waals surface area contributed by atoms with Crippen LogP contribution in [0.25, 0.3) is 11.1 Å². The fraction of sp³-hybridized carbons (Fsp3) is 0. The van der Waals surface area contributed by atoms with Crippen LogP contribution in [0.15, 0.2) is 91.0 Å². The van der Waals surface area contributed by atoms with E-state index >= 15 is 4.39 Å². The van der Waals surface area contributed by atoms with Crippen molar-refractivity contribution in [3.63, 3.8) is 0 Å². The van der Waals surface area contributed by atoms with Gasteiger partial charge in [0, 0.05) is 27.7 Å². The van der Waals surface area contributed by atoms with Gasteiger partial charge in [-0.3, -0.25) is 0 Å². The number of rotatable bonds is 7. The molecule has 206 valence electrons. The highest BCUT2D eigenvalue weighted by Gasteiger charge is 2.31. The van der Waals surface area contributed by atoms with Gasteiger partial charge in [0.1, 0.15) is 40.5 Å². The van der Waals surface area contributed by atoms with Gasteiger partial charge in [-0.2, -0.15) is 10.5 Å². The van der Waals surface area contributed by atoms with E-state index in [0.717, 1.165) is 5.56 Å². The Morgan fingerprint density at radius 1 is 0.548 bits per heavy atom. The number of benzene rings is 5. The molecule has 0 amide bonds. The van der Waals surface area contributed by atoms with Crippen molar-refractivity contribution in [3.8, 4) is 57.8 Å². The molecule has 0 atom stereocenters. The van der Waals surface area contributed by atoms with Crippen LogP contribution in [0.4, 0.5) is 4.39 Å². The maximum Gasteiger partial charge on any atom is 0.217 e. The third-order valence-corrected chi connectivity index (χ3v) is 7.02. The summed E-state index contributed by atoms with van der Waals surface area (Å²) in [6.45, 7) is 0. The average Bonchev–Trinajstić information content (AvgIpc) is 3.00. The van der Waals surface area contributed by atoms with E-state index in [4.69, 9.17) is 60.6 Å². The van der Waals surface area contributed by atoms with Crippen molar-refractivity contribution in [2.45, 2.75) is 0 Å². The molecular weight excluding hydrogens is 621 g/mol. The van der Waals surface area contributed by atoms with E-state index in [9.17, 15) is 10.5 Å². The molecule has 5 rings (SSSR count). The Balaban J connectivity index is 1.80. The van der Waals surface area contributed by atoms with Crippen LogP contribution in [0, 0.1) is 28.5 Å². The molecule has 0 N–H and O–H groups in total. The highest BCUT2D eigenvalue weighted by atomic mass is 35.5. The van der Waals surface area contributed by atoms with Crippen molar-refractivity contribution in [2.24, 2.45) is 0 Å². The summed E-state index contributed by atoms with van der Waals surface area (Å²) < 4.78 is 34.4. The number of nitriles is 2. The predicted molar refractivity (Wildman–Crippen MR) is 161 cm³/mol. The first kappa shape index (κ1) is 29.1. The number of nitrogens with zero attached hydrogens (tertiary/aromatic N) is 2. The van der Waals surface area contributed by atoms with Gasteiger partial charge in [0.25, 0.3) is 0 Å². The highest BCUT2D eigenvalue weighted by molar-refractivity contribution is 6.34. The second kappa shape index (κ2) is 12.6. The van der Waals surface area contributed by atoms with E-state index in [0.29, 0.717) is 5.56 Å². The lowest BCUT2D eigenvalue weighted by atomic mass is 10.0. The quantitative estimate of drug-likeness (QED) is 0.178. The van der Waals surface area contributed by atoms with Gasteiger partial charge in [0.05, 0.1) is 10.0 Å². The Bertz CT molecular complexity index is 1900. The maximum atomic E-state index is 16.1. The van der Waals surface area contributed by atoms with Crippen LogP contribution < -0.4 is 14.2 Å². The molecule has 0 spiro atoms. The minimum Gasteiger partial charge on any atom is -0.451 e. The zero-order valence-electron chi connectivity index (χ0n) is 21.2. The topological polar surface area (TPSA) is 75.3 Å². The fourth-order valence-corrected chi connectivity index (χ4v) is 4.63. The molecule has 0 bridgehead atoms. The zero-order chi connectivity index (χ0) is 29.8. The van der Waals surface area contributed by atoms with Crippen LogP contribution in [0.2, 0.25) is 20.1 Å². The molecule has 5 aromatic carbocycles.